The monoisotopic (exact) mass is 886 g/mol. The number of hydrogen-bond acceptors (Lipinski definition) is 4. The van der Waals surface area contributed by atoms with Crippen LogP contribution in [0.3, 0.4) is 0 Å². The highest BCUT2D eigenvalue weighted by atomic mass is 32.1. The smallest absolute Gasteiger partial charge is 0.333 e. The first-order valence-electron chi connectivity index (χ1n) is 23.6. The van der Waals surface area contributed by atoms with Gasteiger partial charge in [-0.25, -0.2) is 0 Å². The van der Waals surface area contributed by atoms with Crippen LogP contribution in [0, 0.1) is 0 Å². The lowest BCUT2D eigenvalue weighted by molar-refractivity contribution is 0.332. The average molecular weight is 887 g/mol. The summed E-state index contributed by atoms with van der Waals surface area (Å²) >= 11 is 3.89. The first-order valence-corrected chi connectivity index (χ1v) is 25.3. The summed E-state index contributed by atoms with van der Waals surface area (Å²) in [5, 5.41) is 10.2. The van der Waals surface area contributed by atoms with Crippen LogP contribution in [0.25, 0.3) is 101 Å². The van der Waals surface area contributed by atoms with Crippen LogP contribution < -0.4 is 15.7 Å². The molecule has 0 atom stereocenters. The van der Waals surface area contributed by atoms with Gasteiger partial charge in [0, 0.05) is 90.6 Å². The molecule has 0 unspecified atom stereocenters. The zero-order valence-electron chi connectivity index (χ0n) is 38.3. The lowest BCUT2D eigenvalue weighted by Crippen LogP contribution is -2.60. The number of rotatable bonds is 1. The summed E-state index contributed by atoms with van der Waals surface area (Å²) in [6.07, 6.45) is 2.41. The van der Waals surface area contributed by atoms with Crippen molar-refractivity contribution in [2.75, 3.05) is 4.81 Å². The molecular formula is C60H47BN2OS2. The second-order valence-corrected chi connectivity index (χ2v) is 24.1. The molecule has 8 aromatic carbocycles. The molecule has 0 saturated carbocycles. The Morgan fingerprint density at radius 3 is 2.02 bits per heavy atom. The van der Waals surface area contributed by atoms with Gasteiger partial charge in [0.05, 0.1) is 11.0 Å². The standard InChI is InChI=1S/C60H47BN2OS2/c1-58(2,3)32-16-18-33(19-17-32)63-48-31-55-41(42-26-44-45(28-53(42)66-55)60(6,7)23-22-59(44,4)5)25-38(48)36-20-21-37-39-24-40-34-12-8-10-14-50(34)64-51(40)30-47(39)62-49-27-43-35-13-9-11-15-52(35)65-54(43)29-46(49)61(63)56(36)57(37)62/h8-21,24-31H,22-23H2,1-7H3. The van der Waals surface area contributed by atoms with Crippen molar-refractivity contribution in [1.29, 1.82) is 0 Å². The molecule has 6 heteroatoms. The molecule has 4 aromatic heterocycles. The Morgan fingerprint density at radius 2 is 1.21 bits per heavy atom. The zero-order valence-corrected chi connectivity index (χ0v) is 39.9. The summed E-state index contributed by atoms with van der Waals surface area (Å²) in [6, 6.07) is 51.9. The third-order valence-electron chi connectivity index (χ3n) is 16.2. The number of furan rings is 1. The van der Waals surface area contributed by atoms with E-state index in [9.17, 15) is 0 Å². The van der Waals surface area contributed by atoms with E-state index in [1.54, 1.807) is 0 Å². The second-order valence-electron chi connectivity index (χ2n) is 21.9. The number of aromatic nitrogens is 1. The van der Waals surface area contributed by atoms with Crippen molar-refractivity contribution >= 4 is 136 Å². The molecule has 3 aliphatic rings. The summed E-state index contributed by atoms with van der Waals surface area (Å²) in [6.45, 7) is 16.7. The van der Waals surface area contributed by atoms with Gasteiger partial charge in [0.15, 0.2) is 0 Å². The van der Waals surface area contributed by atoms with Crippen LogP contribution in [-0.4, -0.2) is 11.4 Å². The van der Waals surface area contributed by atoms with Crippen LogP contribution in [0.1, 0.15) is 78.0 Å². The fourth-order valence-corrected chi connectivity index (χ4v) is 14.8. The van der Waals surface area contributed by atoms with Gasteiger partial charge in [0.2, 0.25) is 0 Å². The van der Waals surface area contributed by atoms with Crippen molar-refractivity contribution in [1.82, 2.24) is 4.57 Å². The molecule has 12 aromatic rings. The Labute approximate surface area is 392 Å². The number of hydrogen-bond donors (Lipinski definition) is 0. The molecule has 2 aliphatic heterocycles. The highest BCUT2D eigenvalue weighted by Gasteiger charge is 2.45. The first kappa shape index (κ1) is 37.8. The summed E-state index contributed by atoms with van der Waals surface area (Å²) < 4.78 is 14.6. The van der Waals surface area contributed by atoms with E-state index in [4.69, 9.17) is 4.42 Å². The Morgan fingerprint density at radius 1 is 0.530 bits per heavy atom. The first-order chi connectivity index (χ1) is 31.8. The fourth-order valence-electron chi connectivity index (χ4n) is 12.6. The third-order valence-corrected chi connectivity index (χ3v) is 18.4. The van der Waals surface area contributed by atoms with Crippen LogP contribution in [0.2, 0.25) is 0 Å². The van der Waals surface area contributed by atoms with Crippen molar-refractivity contribution in [2.45, 2.75) is 77.6 Å². The van der Waals surface area contributed by atoms with Crippen molar-refractivity contribution in [2.24, 2.45) is 0 Å². The van der Waals surface area contributed by atoms with Crippen molar-refractivity contribution in [3.8, 4) is 16.8 Å². The molecule has 15 rings (SSSR count). The van der Waals surface area contributed by atoms with Gasteiger partial charge in [-0.1, -0.05) is 109 Å². The minimum atomic E-state index is -0.0670. The van der Waals surface area contributed by atoms with Crippen LogP contribution >= 0.6 is 22.7 Å². The van der Waals surface area contributed by atoms with Crippen molar-refractivity contribution in [3.63, 3.8) is 0 Å². The average Bonchev–Trinajstić information content (AvgIpc) is 4.05. The minimum absolute atomic E-state index is 0.0400. The molecular weight excluding hydrogens is 840 g/mol. The van der Waals surface area contributed by atoms with E-state index in [-0.39, 0.29) is 23.1 Å². The number of fused-ring (bicyclic) bond motifs is 18. The van der Waals surface area contributed by atoms with E-state index >= 15 is 0 Å². The van der Waals surface area contributed by atoms with E-state index < -0.39 is 0 Å². The van der Waals surface area contributed by atoms with E-state index in [1.807, 2.05) is 22.7 Å². The number of thiophene rings is 2. The topological polar surface area (TPSA) is 21.3 Å². The lowest BCUT2D eigenvalue weighted by atomic mass is 9.44. The maximum atomic E-state index is 6.65. The zero-order chi connectivity index (χ0) is 44.3. The molecule has 0 saturated heterocycles. The number of nitrogens with zero attached hydrogens (tertiary/aromatic N) is 2. The fraction of sp³-hybridized carbons (Fsp3) is 0.200. The van der Waals surface area contributed by atoms with Gasteiger partial charge in [-0.15, -0.1) is 22.7 Å². The molecule has 1 aliphatic carbocycles. The highest BCUT2D eigenvalue weighted by Crippen LogP contribution is 2.53. The summed E-state index contributed by atoms with van der Waals surface area (Å²) in [7, 11) is 0. The SMILES string of the molecule is CC(C)(C)c1ccc(N2B3c4cc5sc6ccccc6c5cc4-n4c5cc6oc7ccccc7c6cc5c5ccc(c3c54)-c3cc4c(cc32)sc2cc3c(cc24)C(C)(C)CCC3(C)C)cc1. The van der Waals surface area contributed by atoms with Crippen LogP contribution in [-0.2, 0) is 16.2 Å². The predicted molar refractivity (Wildman–Crippen MR) is 287 cm³/mol. The molecule has 0 N–H and O–H groups in total. The van der Waals surface area contributed by atoms with Gasteiger partial charge < -0.3 is 13.8 Å². The molecule has 3 nitrogen and oxygen atoms in total. The normalized spacial score (nSPS) is 16.2. The molecule has 0 spiro atoms. The van der Waals surface area contributed by atoms with Gasteiger partial charge in [-0.3, -0.25) is 0 Å². The number of para-hydroxylation sites is 1. The Bertz CT molecular complexity index is 4170. The minimum Gasteiger partial charge on any atom is -0.456 e. The van der Waals surface area contributed by atoms with E-state index in [2.05, 4.69) is 191 Å². The maximum absolute atomic E-state index is 6.65. The predicted octanol–water partition coefficient (Wildman–Crippen LogP) is 16.3. The Balaban J connectivity index is 1.09. The highest BCUT2D eigenvalue weighted by molar-refractivity contribution is 7.26. The number of benzene rings is 8. The quantitative estimate of drug-likeness (QED) is 0.153. The second kappa shape index (κ2) is 12.4. The maximum Gasteiger partial charge on any atom is 0.333 e. The number of anilines is 2. The molecule has 0 radical (unpaired) electrons. The molecule has 318 valence electrons. The molecule has 66 heavy (non-hydrogen) atoms. The van der Waals surface area contributed by atoms with Crippen LogP contribution in [0.5, 0.6) is 0 Å². The molecule has 0 bridgehead atoms. The van der Waals surface area contributed by atoms with Gasteiger partial charge in [0.25, 0.3) is 0 Å². The van der Waals surface area contributed by atoms with Crippen molar-refractivity contribution in [3.05, 3.63) is 150 Å². The summed E-state index contributed by atoms with van der Waals surface area (Å²) in [4.78, 5) is 2.71. The molecule has 6 heterocycles. The van der Waals surface area contributed by atoms with Crippen LogP contribution in [0.15, 0.2) is 138 Å². The largest absolute Gasteiger partial charge is 0.456 e. The third kappa shape index (κ3) is 4.84. The molecule has 0 fully saturated rings. The van der Waals surface area contributed by atoms with E-state index in [0.717, 1.165) is 21.9 Å². The van der Waals surface area contributed by atoms with Gasteiger partial charge >= 0.3 is 6.85 Å². The Kier molecular flexibility index (Phi) is 7.08. The van der Waals surface area contributed by atoms with Gasteiger partial charge in [-0.05, 0) is 129 Å². The van der Waals surface area contributed by atoms with Gasteiger partial charge in [-0.2, -0.15) is 0 Å². The lowest BCUT2D eigenvalue weighted by Gasteiger charge is -2.42. The summed E-state index contributed by atoms with van der Waals surface area (Å²) in [5.74, 6) is 0. The van der Waals surface area contributed by atoms with Crippen LogP contribution in [0.4, 0.5) is 11.4 Å². The Hall–Kier alpha value is -6.34. The summed E-state index contributed by atoms with van der Waals surface area (Å²) in [5.41, 5.74) is 18.1. The van der Waals surface area contributed by atoms with E-state index in [0.29, 0.717) is 0 Å². The van der Waals surface area contributed by atoms with Crippen molar-refractivity contribution < 1.29 is 4.42 Å². The molecule has 0 amide bonds. The van der Waals surface area contributed by atoms with Gasteiger partial charge in [0.1, 0.15) is 11.2 Å². The van der Waals surface area contributed by atoms with E-state index in [1.165, 1.54) is 131 Å².